The van der Waals surface area contributed by atoms with Crippen molar-refractivity contribution in [3.63, 3.8) is 0 Å². The molecule has 0 saturated carbocycles. The van der Waals surface area contributed by atoms with E-state index >= 15 is 0 Å². The van der Waals surface area contributed by atoms with Crippen molar-refractivity contribution in [1.29, 1.82) is 0 Å². The van der Waals surface area contributed by atoms with Gasteiger partial charge in [-0.15, -0.1) is 0 Å². The van der Waals surface area contributed by atoms with Gasteiger partial charge in [0.05, 0.1) is 5.56 Å². The van der Waals surface area contributed by atoms with Crippen LogP contribution in [0.3, 0.4) is 0 Å². The number of carboxylic acids is 1. The lowest BCUT2D eigenvalue weighted by Crippen LogP contribution is -1.95. The monoisotopic (exact) mass is 272 g/mol. The Labute approximate surface area is 115 Å². The van der Waals surface area contributed by atoms with Crippen molar-refractivity contribution in [3.8, 4) is 0 Å². The lowest BCUT2D eigenvalue weighted by Gasteiger charge is -2.03. The van der Waals surface area contributed by atoms with Crippen LogP contribution in [-0.2, 0) is 0 Å². The Hall–Kier alpha value is -2.07. The predicted octanol–water partition coefficient (Wildman–Crippen LogP) is 3.74. The molecule has 0 radical (unpaired) electrons. The molecule has 0 heterocycles. The quantitative estimate of drug-likeness (QED) is 0.861. The zero-order valence-corrected chi connectivity index (χ0v) is 11.1. The molecule has 2 aromatic carbocycles. The first-order chi connectivity index (χ1) is 9.06. The van der Waals surface area contributed by atoms with Gasteiger partial charge < -0.3 is 5.11 Å². The second kappa shape index (κ2) is 5.71. The van der Waals surface area contributed by atoms with Gasteiger partial charge in [-0.1, -0.05) is 30.0 Å². The highest BCUT2D eigenvalue weighted by atomic mass is 32.2. The molecule has 0 atom stereocenters. The van der Waals surface area contributed by atoms with Crippen LogP contribution in [0, 0.1) is 0 Å². The third-order valence-electron chi connectivity index (χ3n) is 2.58. The third-order valence-corrected chi connectivity index (χ3v) is 3.58. The molecular formula is C15H12O3S. The van der Waals surface area contributed by atoms with Gasteiger partial charge in [0.2, 0.25) is 0 Å². The summed E-state index contributed by atoms with van der Waals surface area (Å²) in [6.07, 6.45) is 0. The van der Waals surface area contributed by atoms with Crippen molar-refractivity contribution in [2.75, 3.05) is 0 Å². The van der Waals surface area contributed by atoms with Gasteiger partial charge in [-0.05, 0) is 37.3 Å². The largest absolute Gasteiger partial charge is 0.478 e. The molecule has 96 valence electrons. The highest BCUT2D eigenvalue weighted by molar-refractivity contribution is 7.99. The van der Waals surface area contributed by atoms with Crippen LogP contribution in [0.15, 0.2) is 58.3 Å². The zero-order chi connectivity index (χ0) is 13.8. The van der Waals surface area contributed by atoms with Crippen molar-refractivity contribution in [2.45, 2.75) is 16.7 Å². The summed E-state index contributed by atoms with van der Waals surface area (Å²) >= 11 is 1.46. The molecule has 0 amide bonds. The molecule has 2 rings (SSSR count). The van der Waals surface area contributed by atoms with E-state index in [1.807, 2.05) is 18.2 Å². The molecule has 0 bridgehead atoms. The molecule has 0 aliphatic rings. The first-order valence-corrected chi connectivity index (χ1v) is 6.50. The maximum absolute atomic E-state index is 11.2. The van der Waals surface area contributed by atoms with Crippen LogP contribution in [0.25, 0.3) is 0 Å². The average Bonchev–Trinajstić information content (AvgIpc) is 2.39. The Bertz CT molecular complexity index is 618. The summed E-state index contributed by atoms with van der Waals surface area (Å²) in [5.41, 5.74) is 0.939. The maximum Gasteiger partial charge on any atom is 0.335 e. The number of hydrogen-bond acceptors (Lipinski definition) is 3. The van der Waals surface area contributed by atoms with Crippen LogP contribution < -0.4 is 0 Å². The lowest BCUT2D eigenvalue weighted by molar-refractivity contribution is 0.0696. The van der Waals surface area contributed by atoms with E-state index in [-0.39, 0.29) is 11.3 Å². The van der Waals surface area contributed by atoms with Crippen LogP contribution >= 0.6 is 11.8 Å². The number of benzene rings is 2. The van der Waals surface area contributed by atoms with E-state index in [9.17, 15) is 9.59 Å². The topological polar surface area (TPSA) is 54.4 Å². The molecule has 0 aliphatic carbocycles. The Morgan fingerprint density at radius 2 is 1.63 bits per heavy atom. The van der Waals surface area contributed by atoms with Crippen LogP contribution in [0.2, 0.25) is 0 Å². The molecule has 1 N–H and O–H groups in total. The third kappa shape index (κ3) is 3.45. The van der Waals surface area contributed by atoms with Gasteiger partial charge in [0, 0.05) is 15.4 Å². The van der Waals surface area contributed by atoms with Crippen molar-refractivity contribution in [2.24, 2.45) is 0 Å². The molecule has 4 heteroatoms. The second-order valence-electron chi connectivity index (χ2n) is 4.02. The van der Waals surface area contributed by atoms with E-state index in [4.69, 9.17) is 5.11 Å². The Balaban J connectivity index is 2.19. The standard InChI is InChI=1S/C15H12O3S/c1-10(16)11-5-7-13(8-6-11)19-14-4-2-3-12(9-14)15(17)18/h2-9H,1H3,(H,17,18). The number of Topliss-reactive ketones (excluding diaryl/α,β-unsaturated/α-hetero) is 1. The van der Waals surface area contributed by atoms with Gasteiger partial charge in [-0.25, -0.2) is 4.79 Å². The van der Waals surface area contributed by atoms with Gasteiger partial charge in [-0.3, -0.25) is 4.79 Å². The molecule has 3 nitrogen and oxygen atoms in total. The van der Waals surface area contributed by atoms with Crippen LogP contribution in [0.1, 0.15) is 27.6 Å². The molecule has 0 spiro atoms. The van der Waals surface area contributed by atoms with Crippen LogP contribution in [0.5, 0.6) is 0 Å². The number of rotatable bonds is 4. The minimum atomic E-state index is -0.936. The van der Waals surface area contributed by atoms with Crippen molar-refractivity contribution < 1.29 is 14.7 Å². The highest BCUT2D eigenvalue weighted by Crippen LogP contribution is 2.28. The van der Waals surface area contributed by atoms with E-state index < -0.39 is 5.97 Å². The second-order valence-corrected chi connectivity index (χ2v) is 5.16. The predicted molar refractivity (Wildman–Crippen MR) is 74.0 cm³/mol. The molecule has 0 unspecified atom stereocenters. The molecular weight excluding hydrogens is 260 g/mol. The van der Waals surface area contributed by atoms with Crippen LogP contribution in [-0.4, -0.2) is 16.9 Å². The minimum absolute atomic E-state index is 0.0319. The van der Waals surface area contributed by atoms with E-state index in [0.717, 1.165) is 9.79 Å². The number of carbonyl (C=O) groups is 2. The molecule has 19 heavy (non-hydrogen) atoms. The lowest BCUT2D eigenvalue weighted by atomic mass is 10.2. The summed E-state index contributed by atoms with van der Waals surface area (Å²) in [6, 6.07) is 14.0. The summed E-state index contributed by atoms with van der Waals surface area (Å²) in [4.78, 5) is 23.9. The van der Waals surface area contributed by atoms with Gasteiger partial charge in [0.25, 0.3) is 0 Å². The molecule has 2 aromatic rings. The van der Waals surface area contributed by atoms with E-state index in [1.165, 1.54) is 18.7 Å². The Morgan fingerprint density at radius 3 is 2.21 bits per heavy atom. The first-order valence-electron chi connectivity index (χ1n) is 5.68. The smallest absolute Gasteiger partial charge is 0.335 e. The Kier molecular flexibility index (Phi) is 4.02. The fraction of sp³-hybridized carbons (Fsp3) is 0.0667. The average molecular weight is 272 g/mol. The minimum Gasteiger partial charge on any atom is -0.478 e. The number of hydrogen-bond donors (Lipinski definition) is 1. The van der Waals surface area contributed by atoms with Crippen molar-refractivity contribution in [1.82, 2.24) is 0 Å². The van der Waals surface area contributed by atoms with E-state index in [0.29, 0.717) is 5.56 Å². The zero-order valence-electron chi connectivity index (χ0n) is 10.3. The number of carboxylic acid groups (broad SMARTS) is 1. The van der Waals surface area contributed by atoms with Crippen LogP contribution in [0.4, 0.5) is 0 Å². The normalized spacial score (nSPS) is 10.2. The number of ketones is 1. The van der Waals surface area contributed by atoms with Crippen molar-refractivity contribution in [3.05, 3.63) is 59.7 Å². The van der Waals surface area contributed by atoms with Gasteiger partial charge >= 0.3 is 5.97 Å². The molecule has 0 fully saturated rings. The summed E-state index contributed by atoms with van der Waals surface area (Å²) < 4.78 is 0. The highest BCUT2D eigenvalue weighted by Gasteiger charge is 2.05. The Morgan fingerprint density at radius 1 is 0.947 bits per heavy atom. The number of aromatic carboxylic acids is 1. The van der Waals surface area contributed by atoms with Gasteiger partial charge in [0.1, 0.15) is 0 Å². The van der Waals surface area contributed by atoms with E-state index in [1.54, 1.807) is 30.3 Å². The SMILES string of the molecule is CC(=O)c1ccc(Sc2cccc(C(=O)O)c2)cc1. The fourth-order valence-electron chi connectivity index (χ4n) is 1.59. The van der Waals surface area contributed by atoms with E-state index in [2.05, 4.69) is 0 Å². The van der Waals surface area contributed by atoms with Gasteiger partial charge in [-0.2, -0.15) is 0 Å². The summed E-state index contributed by atoms with van der Waals surface area (Å²) in [5.74, 6) is -0.904. The summed E-state index contributed by atoms with van der Waals surface area (Å²) in [7, 11) is 0. The first kappa shape index (κ1) is 13.4. The summed E-state index contributed by atoms with van der Waals surface area (Å²) in [6.45, 7) is 1.53. The summed E-state index contributed by atoms with van der Waals surface area (Å²) in [5, 5.41) is 8.93. The molecule has 0 aliphatic heterocycles. The van der Waals surface area contributed by atoms with Gasteiger partial charge in [0.15, 0.2) is 5.78 Å². The molecule has 0 saturated heterocycles. The van der Waals surface area contributed by atoms with Crippen molar-refractivity contribution >= 4 is 23.5 Å². The number of carbonyl (C=O) groups excluding carboxylic acids is 1. The molecule has 0 aromatic heterocycles. The maximum atomic E-state index is 11.2. The fourth-order valence-corrected chi connectivity index (χ4v) is 2.46.